The number of allylic oxidation sites excluding steroid dienone is 1. The summed E-state index contributed by atoms with van der Waals surface area (Å²) in [7, 11) is 0. The number of hydrogen-bond donors (Lipinski definition) is 2. The summed E-state index contributed by atoms with van der Waals surface area (Å²) < 4.78 is 5.20. The van der Waals surface area contributed by atoms with E-state index in [-0.39, 0.29) is 35.2 Å². The molecule has 0 aromatic rings. The van der Waals surface area contributed by atoms with Crippen molar-refractivity contribution in [2.45, 2.75) is 137 Å². The Morgan fingerprint density at radius 2 is 1.45 bits per heavy atom. The van der Waals surface area contributed by atoms with Gasteiger partial charge in [-0.15, -0.1) is 0 Å². The van der Waals surface area contributed by atoms with E-state index in [0.29, 0.717) is 12.2 Å². The maximum absolute atomic E-state index is 11.9. The van der Waals surface area contributed by atoms with Crippen LogP contribution in [0.2, 0.25) is 0 Å². The molecule has 33 heavy (non-hydrogen) atoms. The Kier molecular flexibility index (Phi) is 16.8. The lowest BCUT2D eigenvalue weighted by Gasteiger charge is -2.19. The molecule has 6 nitrogen and oxygen atoms in total. The third-order valence-electron chi connectivity index (χ3n) is 5.60. The summed E-state index contributed by atoms with van der Waals surface area (Å²) in [5.41, 5.74) is -0.339. The van der Waals surface area contributed by atoms with Crippen molar-refractivity contribution in [3.05, 3.63) is 11.8 Å². The van der Waals surface area contributed by atoms with Gasteiger partial charge in [-0.1, -0.05) is 51.9 Å². The largest absolute Gasteiger partial charge is 0.431 e. The van der Waals surface area contributed by atoms with Crippen LogP contribution in [-0.4, -0.2) is 34.4 Å². The van der Waals surface area contributed by atoms with E-state index in [4.69, 9.17) is 4.74 Å². The van der Waals surface area contributed by atoms with Gasteiger partial charge in [0.2, 0.25) is 5.91 Å². The first-order chi connectivity index (χ1) is 15.4. The van der Waals surface area contributed by atoms with E-state index in [1.165, 1.54) is 6.08 Å². The van der Waals surface area contributed by atoms with Crippen molar-refractivity contribution >= 4 is 17.7 Å². The predicted molar refractivity (Wildman–Crippen MR) is 134 cm³/mol. The normalized spacial score (nSPS) is 14.0. The van der Waals surface area contributed by atoms with Crippen molar-refractivity contribution in [1.29, 1.82) is 0 Å². The van der Waals surface area contributed by atoms with Crippen LogP contribution in [0.25, 0.3) is 0 Å². The highest BCUT2D eigenvalue weighted by Gasteiger charge is 2.15. The zero-order chi connectivity index (χ0) is 25.3. The van der Waals surface area contributed by atoms with Crippen LogP contribution in [0.1, 0.15) is 125 Å². The second-order valence-electron chi connectivity index (χ2n) is 10.3. The van der Waals surface area contributed by atoms with Gasteiger partial charge < -0.3 is 15.2 Å². The summed E-state index contributed by atoms with van der Waals surface area (Å²) >= 11 is 0. The molecule has 0 heterocycles. The second kappa shape index (κ2) is 17.7. The molecule has 0 rings (SSSR count). The Bertz CT molecular complexity index is 606. The quantitative estimate of drug-likeness (QED) is 0.111. The van der Waals surface area contributed by atoms with Gasteiger partial charge in [0.25, 0.3) is 0 Å². The zero-order valence-electron chi connectivity index (χ0n) is 22.0. The topological polar surface area (TPSA) is 92.7 Å². The van der Waals surface area contributed by atoms with E-state index in [1.807, 2.05) is 20.8 Å². The predicted octanol–water partition coefficient (Wildman–Crippen LogP) is 6.01. The summed E-state index contributed by atoms with van der Waals surface area (Å²) in [6.07, 6.45) is 12.6. The molecule has 6 heteroatoms. The number of Topliss-reactive ketones (excluding diaryl/α,β-unsaturated/α-hetero) is 1. The molecule has 0 radical (unpaired) electrons. The lowest BCUT2D eigenvalue weighted by Crippen LogP contribution is -2.39. The smallest absolute Gasteiger partial charge is 0.310 e. The van der Waals surface area contributed by atoms with Gasteiger partial charge in [-0.2, -0.15) is 0 Å². The lowest BCUT2D eigenvalue weighted by molar-refractivity contribution is -0.139. The van der Waals surface area contributed by atoms with Crippen LogP contribution in [-0.2, 0) is 19.1 Å². The second-order valence-corrected chi connectivity index (χ2v) is 10.3. The average Bonchev–Trinajstić information content (AvgIpc) is 2.67. The Hall–Kier alpha value is -1.69. The molecule has 2 N–H and O–H groups in total. The van der Waals surface area contributed by atoms with Crippen LogP contribution in [0.3, 0.4) is 0 Å². The van der Waals surface area contributed by atoms with Crippen LogP contribution in [0.15, 0.2) is 11.8 Å². The molecule has 0 aromatic carbocycles. The first-order valence-electron chi connectivity index (χ1n) is 12.8. The molecule has 0 aromatic heterocycles. The standard InChI is InChI=1S/C27H49NO5/c1-7-8-11-17-24(30)18-14-16-23(22(3)29)15-12-9-10-13-19-26(32)33-21(2)20-25(31)28-27(4,5)6/h20,23-24,30H,7-19H2,1-6H3,(H,28,31)/b21-20-. The summed E-state index contributed by atoms with van der Waals surface area (Å²) in [6, 6.07) is 0. The first kappa shape index (κ1) is 31.3. The number of hydrogen-bond acceptors (Lipinski definition) is 5. The number of nitrogens with one attached hydrogen (secondary N) is 1. The van der Waals surface area contributed by atoms with Crippen molar-refractivity contribution in [3.8, 4) is 0 Å². The molecular weight excluding hydrogens is 418 g/mol. The van der Waals surface area contributed by atoms with Gasteiger partial charge in [-0.3, -0.25) is 14.4 Å². The highest BCUT2D eigenvalue weighted by atomic mass is 16.5. The van der Waals surface area contributed by atoms with E-state index in [0.717, 1.165) is 77.0 Å². The van der Waals surface area contributed by atoms with Gasteiger partial charge in [0, 0.05) is 24.0 Å². The summed E-state index contributed by atoms with van der Waals surface area (Å²) in [6.45, 7) is 11.1. The molecule has 0 fully saturated rings. The number of aliphatic hydroxyl groups excluding tert-OH is 1. The zero-order valence-corrected chi connectivity index (χ0v) is 22.0. The van der Waals surface area contributed by atoms with Crippen molar-refractivity contribution in [1.82, 2.24) is 5.32 Å². The van der Waals surface area contributed by atoms with Crippen molar-refractivity contribution in [2.24, 2.45) is 5.92 Å². The number of carbonyl (C=O) groups excluding carboxylic acids is 3. The highest BCUT2D eigenvalue weighted by Crippen LogP contribution is 2.20. The number of esters is 1. The number of rotatable bonds is 18. The lowest BCUT2D eigenvalue weighted by atomic mass is 9.91. The van der Waals surface area contributed by atoms with E-state index in [2.05, 4.69) is 12.2 Å². The summed E-state index contributed by atoms with van der Waals surface area (Å²) in [4.78, 5) is 35.7. The number of aliphatic hydroxyl groups is 1. The maximum Gasteiger partial charge on any atom is 0.310 e. The van der Waals surface area contributed by atoms with Crippen LogP contribution in [0.4, 0.5) is 0 Å². The molecule has 0 saturated carbocycles. The van der Waals surface area contributed by atoms with Crippen LogP contribution >= 0.6 is 0 Å². The Morgan fingerprint density at radius 3 is 2.06 bits per heavy atom. The number of ether oxygens (including phenoxy) is 1. The number of unbranched alkanes of at least 4 members (excludes halogenated alkanes) is 5. The van der Waals surface area contributed by atoms with Gasteiger partial charge in [0.05, 0.1) is 6.10 Å². The minimum absolute atomic E-state index is 0.0739. The molecule has 2 unspecified atom stereocenters. The first-order valence-corrected chi connectivity index (χ1v) is 12.8. The van der Waals surface area contributed by atoms with Gasteiger partial charge in [-0.05, 0) is 66.7 Å². The summed E-state index contributed by atoms with van der Waals surface area (Å²) in [5.74, 6) is -0.00609. The molecule has 0 saturated heterocycles. The fourth-order valence-electron chi connectivity index (χ4n) is 3.79. The average molecular weight is 468 g/mol. The van der Waals surface area contributed by atoms with E-state index < -0.39 is 0 Å². The molecule has 0 aliphatic carbocycles. The summed E-state index contributed by atoms with van der Waals surface area (Å²) in [5, 5.41) is 12.8. The SMILES string of the molecule is CCCCCC(O)CCCC(CCCCCCC(=O)O/C(C)=C\C(=O)NC(C)(C)C)C(C)=O. The Labute approximate surface area is 201 Å². The molecule has 1 amide bonds. The molecular formula is C27H49NO5. The third kappa shape index (κ3) is 19.5. The fraction of sp³-hybridized carbons (Fsp3) is 0.815. The molecule has 0 aliphatic heterocycles. The number of amides is 1. The number of ketones is 1. The van der Waals surface area contributed by atoms with Gasteiger partial charge in [0.15, 0.2) is 0 Å². The van der Waals surface area contributed by atoms with E-state index in [1.54, 1.807) is 13.8 Å². The molecule has 0 spiro atoms. The van der Waals surface area contributed by atoms with Gasteiger partial charge in [0.1, 0.15) is 11.5 Å². The van der Waals surface area contributed by atoms with Crippen molar-refractivity contribution in [2.75, 3.05) is 0 Å². The molecule has 0 bridgehead atoms. The molecule has 0 aliphatic rings. The molecule has 2 atom stereocenters. The van der Waals surface area contributed by atoms with Gasteiger partial charge in [-0.25, -0.2) is 0 Å². The maximum atomic E-state index is 11.9. The highest BCUT2D eigenvalue weighted by molar-refractivity contribution is 5.88. The molecule has 192 valence electrons. The monoisotopic (exact) mass is 467 g/mol. The third-order valence-corrected chi connectivity index (χ3v) is 5.60. The number of carbonyl (C=O) groups is 3. The van der Waals surface area contributed by atoms with Crippen LogP contribution in [0.5, 0.6) is 0 Å². The Balaban J connectivity index is 4.01. The van der Waals surface area contributed by atoms with Gasteiger partial charge >= 0.3 is 5.97 Å². The van der Waals surface area contributed by atoms with Crippen molar-refractivity contribution < 1.29 is 24.2 Å². The van der Waals surface area contributed by atoms with E-state index in [9.17, 15) is 19.5 Å². The minimum atomic E-state index is -0.339. The van der Waals surface area contributed by atoms with E-state index >= 15 is 0 Å². The minimum Gasteiger partial charge on any atom is -0.431 e. The van der Waals surface area contributed by atoms with Crippen LogP contribution < -0.4 is 5.32 Å². The Morgan fingerprint density at radius 1 is 0.879 bits per heavy atom. The fourth-order valence-corrected chi connectivity index (χ4v) is 3.79. The van der Waals surface area contributed by atoms with Crippen molar-refractivity contribution in [3.63, 3.8) is 0 Å². The van der Waals surface area contributed by atoms with Crippen LogP contribution in [0, 0.1) is 5.92 Å².